The summed E-state index contributed by atoms with van der Waals surface area (Å²) in [7, 11) is 0. The van der Waals surface area contributed by atoms with Gasteiger partial charge in [-0.3, -0.25) is 9.59 Å². The van der Waals surface area contributed by atoms with Crippen molar-refractivity contribution in [3.63, 3.8) is 0 Å². The molecule has 132 valence electrons. The van der Waals surface area contributed by atoms with Gasteiger partial charge in [-0.25, -0.2) is 4.98 Å². The number of nitrogens with one attached hydrogen (secondary N) is 2. The molecule has 1 heterocycles. The first-order chi connectivity index (χ1) is 12.2. The molecule has 1 atom stereocenters. The topological polar surface area (TPSA) is 91.3 Å². The van der Waals surface area contributed by atoms with E-state index >= 15 is 0 Å². The maximum absolute atomic E-state index is 13.0. The van der Waals surface area contributed by atoms with Gasteiger partial charge < -0.3 is 15.7 Å². The monoisotopic (exact) mass is 359 g/mol. The lowest BCUT2D eigenvalue weighted by molar-refractivity contribution is -0.131. The maximum atomic E-state index is 13.0. The van der Waals surface area contributed by atoms with Crippen molar-refractivity contribution in [2.75, 3.05) is 11.9 Å². The van der Waals surface area contributed by atoms with Gasteiger partial charge in [0.1, 0.15) is 6.04 Å². The first-order valence-electron chi connectivity index (χ1n) is 8.33. The molecule has 0 aliphatic heterocycles. The molecule has 3 N–H and O–H groups in total. The van der Waals surface area contributed by atoms with Crippen LogP contribution in [-0.2, 0) is 15.0 Å². The Hall–Kier alpha value is -2.25. The number of amides is 2. The van der Waals surface area contributed by atoms with E-state index in [-0.39, 0.29) is 5.91 Å². The van der Waals surface area contributed by atoms with Crippen LogP contribution >= 0.6 is 11.3 Å². The van der Waals surface area contributed by atoms with E-state index in [2.05, 4.69) is 15.6 Å². The number of aliphatic hydroxyl groups excluding tert-OH is 1. The number of nitrogens with zero attached hydrogens (tertiary/aromatic N) is 1. The fraction of sp³-hybridized carbons (Fsp3) is 0.389. The van der Waals surface area contributed by atoms with Gasteiger partial charge in [-0.05, 0) is 18.4 Å². The Morgan fingerprint density at radius 2 is 1.96 bits per heavy atom. The highest BCUT2D eigenvalue weighted by Crippen LogP contribution is 2.41. The molecule has 1 saturated carbocycles. The van der Waals surface area contributed by atoms with Gasteiger partial charge in [0.05, 0.1) is 12.0 Å². The zero-order valence-electron chi connectivity index (χ0n) is 13.8. The normalized spacial score (nSPS) is 17.0. The summed E-state index contributed by atoms with van der Waals surface area (Å²) in [5.41, 5.74) is 0.331. The van der Waals surface area contributed by atoms with Crippen molar-refractivity contribution >= 4 is 28.3 Å². The number of carbonyl (C=O) groups is 2. The first-order valence-corrected chi connectivity index (χ1v) is 9.21. The maximum Gasteiger partial charge on any atom is 0.251 e. The molecule has 2 aromatic rings. The van der Waals surface area contributed by atoms with Crippen molar-refractivity contribution in [2.24, 2.45) is 0 Å². The molecule has 6 nitrogen and oxygen atoms in total. The Labute approximate surface area is 150 Å². The van der Waals surface area contributed by atoms with Gasteiger partial charge in [0.2, 0.25) is 5.91 Å². The highest BCUT2D eigenvalue weighted by molar-refractivity contribution is 7.13. The van der Waals surface area contributed by atoms with Crippen LogP contribution in [0.2, 0.25) is 0 Å². The standard InChI is InChI=1S/C18H21N3O3S/c22-12-14(15(23)21-17-19-10-11-25-17)20-16(24)18(8-4-5-9-18)13-6-2-1-3-7-13/h1-3,6-7,10-11,14,22H,4-5,8-9,12H2,(H,20,24)(H,19,21,23)/t14-/m0/s1. The van der Waals surface area contributed by atoms with Crippen molar-refractivity contribution in [1.29, 1.82) is 0 Å². The fourth-order valence-electron chi connectivity index (χ4n) is 3.35. The molecule has 1 aliphatic carbocycles. The van der Waals surface area contributed by atoms with Crippen LogP contribution in [0.1, 0.15) is 31.2 Å². The number of benzene rings is 1. The molecule has 0 bridgehead atoms. The molecule has 1 aromatic carbocycles. The van der Waals surface area contributed by atoms with E-state index in [0.717, 1.165) is 31.2 Å². The highest BCUT2D eigenvalue weighted by Gasteiger charge is 2.43. The molecule has 0 spiro atoms. The van der Waals surface area contributed by atoms with E-state index in [9.17, 15) is 14.7 Å². The Morgan fingerprint density at radius 1 is 1.24 bits per heavy atom. The number of hydrogen-bond acceptors (Lipinski definition) is 5. The molecule has 1 fully saturated rings. The molecule has 25 heavy (non-hydrogen) atoms. The van der Waals surface area contributed by atoms with Gasteiger partial charge in [-0.15, -0.1) is 11.3 Å². The van der Waals surface area contributed by atoms with Gasteiger partial charge in [0, 0.05) is 11.6 Å². The number of hydrogen-bond donors (Lipinski definition) is 3. The largest absolute Gasteiger partial charge is 0.394 e. The number of aromatic nitrogens is 1. The number of anilines is 1. The quantitative estimate of drug-likeness (QED) is 0.736. The van der Waals surface area contributed by atoms with Crippen LogP contribution in [0, 0.1) is 0 Å². The second-order valence-corrected chi connectivity index (χ2v) is 7.08. The van der Waals surface area contributed by atoms with Gasteiger partial charge in [-0.1, -0.05) is 43.2 Å². The summed E-state index contributed by atoms with van der Waals surface area (Å²) in [6.45, 7) is -0.464. The minimum atomic E-state index is -1.00. The van der Waals surface area contributed by atoms with Gasteiger partial charge in [0.25, 0.3) is 5.91 Å². The summed E-state index contributed by atoms with van der Waals surface area (Å²) < 4.78 is 0. The lowest BCUT2D eigenvalue weighted by Crippen LogP contribution is -2.52. The predicted molar refractivity (Wildman–Crippen MR) is 96.3 cm³/mol. The van der Waals surface area contributed by atoms with Crippen LogP contribution in [0.5, 0.6) is 0 Å². The Kier molecular flexibility index (Phi) is 5.45. The predicted octanol–water partition coefficient (Wildman–Crippen LogP) is 2.07. The molecule has 0 radical (unpaired) electrons. The van der Waals surface area contributed by atoms with Crippen LogP contribution in [0.3, 0.4) is 0 Å². The van der Waals surface area contributed by atoms with Gasteiger partial charge >= 0.3 is 0 Å². The van der Waals surface area contributed by atoms with E-state index in [0.29, 0.717) is 5.13 Å². The third-order valence-corrected chi connectivity index (χ3v) is 5.37. The molecule has 1 aromatic heterocycles. The average Bonchev–Trinajstić information content (AvgIpc) is 3.32. The zero-order valence-corrected chi connectivity index (χ0v) is 14.6. The summed E-state index contributed by atoms with van der Waals surface area (Å²) >= 11 is 1.28. The third-order valence-electron chi connectivity index (χ3n) is 4.68. The van der Waals surface area contributed by atoms with E-state index < -0.39 is 24.0 Å². The summed E-state index contributed by atoms with van der Waals surface area (Å²) in [4.78, 5) is 29.3. The molecule has 0 saturated heterocycles. The van der Waals surface area contributed by atoms with Crippen LogP contribution in [0.15, 0.2) is 41.9 Å². The zero-order chi connectivity index (χ0) is 17.7. The van der Waals surface area contributed by atoms with Crippen molar-refractivity contribution in [3.8, 4) is 0 Å². The molecule has 2 amide bonds. The minimum absolute atomic E-state index is 0.204. The fourth-order valence-corrected chi connectivity index (χ4v) is 3.88. The summed E-state index contributed by atoms with van der Waals surface area (Å²) in [6.07, 6.45) is 5.01. The summed E-state index contributed by atoms with van der Waals surface area (Å²) in [5, 5.41) is 17.1. The number of rotatable bonds is 6. The van der Waals surface area contributed by atoms with Crippen LogP contribution < -0.4 is 10.6 Å². The van der Waals surface area contributed by atoms with Crippen molar-refractivity contribution in [1.82, 2.24) is 10.3 Å². The van der Waals surface area contributed by atoms with E-state index in [1.54, 1.807) is 11.6 Å². The SMILES string of the molecule is O=C(Nc1nccs1)[C@H](CO)NC(=O)C1(c2ccccc2)CCCC1. The Bertz CT molecular complexity index is 712. The molecule has 3 rings (SSSR count). The number of thiazole rings is 1. The molecule has 7 heteroatoms. The van der Waals surface area contributed by atoms with Gasteiger partial charge in [-0.2, -0.15) is 0 Å². The van der Waals surface area contributed by atoms with E-state index in [4.69, 9.17) is 0 Å². The van der Waals surface area contributed by atoms with E-state index in [1.807, 2.05) is 30.3 Å². The van der Waals surface area contributed by atoms with Crippen LogP contribution in [0.25, 0.3) is 0 Å². The van der Waals surface area contributed by atoms with Crippen LogP contribution in [0.4, 0.5) is 5.13 Å². The average molecular weight is 359 g/mol. The molecule has 0 unspecified atom stereocenters. The summed E-state index contributed by atoms with van der Waals surface area (Å²) in [6, 6.07) is 8.66. The lowest BCUT2D eigenvalue weighted by Gasteiger charge is -2.30. The summed E-state index contributed by atoms with van der Waals surface area (Å²) in [5.74, 6) is -0.670. The number of carbonyl (C=O) groups excluding carboxylic acids is 2. The minimum Gasteiger partial charge on any atom is -0.394 e. The van der Waals surface area contributed by atoms with Crippen LogP contribution in [-0.4, -0.2) is 34.6 Å². The smallest absolute Gasteiger partial charge is 0.251 e. The second-order valence-electron chi connectivity index (χ2n) is 6.19. The Morgan fingerprint density at radius 3 is 2.56 bits per heavy atom. The van der Waals surface area contributed by atoms with Gasteiger partial charge in [0.15, 0.2) is 5.13 Å². The van der Waals surface area contributed by atoms with Crippen molar-refractivity contribution in [2.45, 2.75) is 37.1 Å². The molecule has 1 aliphatic rings. The second kappa shape index (κ2) is 7.76. The third kappa shape index (κ3) is 3.72. The van der Waals surface area contributed by atoms with Crippen molar-refractivity contribution < 1.29 is 14.7 Å². The molecular weight excluding hydrogens is 338 g/mol. The molecular formula is C18H21N3O3S. The van der Waals surface area contributed by atoms with E-state index in [1.165, 1.54) is 11.3 Å². The lowest BCUT2D eigenvalue weighted by atomic mass is 9.78. The first kappa shape index (κ1) is 17.6. The van der Waals surface area contributed by atoms with Crippen molar-refractivity contribution in [3.05, 3.63) is 47.5 Å². The number of aliphatic hydroxyl groups is 1. The Balaban J connectivity index is 1.75. The highest BCUT2D eigenvalue weighted by atomic mass is 32.1.